The van der Waals surface area contributed by atoms with Gasteiger partial charge in [0.2, 0.25) is 5.91 Å². The zero-order chi connectivity index (χ0) is 14.3. The Hall–Kier alpha value is -0.650. The molecule has 1 heterocycles. The number of nitrogens with two attached hydrogens (primary N) is 1. The van der Waals surface area contributed by atoms with Crippen LogP contribution in [0.4, 0.5) is 0 Å². The minimum Gasteiger partial charge on any atom is -0.384 e. The standard InChI is InChI=1S/C14H29N3O2/c1-12(11-19-3)8-14(18)17-6-4-16(5-7-17)10-13(2)9-15/h12-13H,4-11,15H2,1-3H3. The van der Waals surface area contributed by atoms with Crippen LogP contribution in [0.1, 0.15) is 20.3 Å². The highest BCUT2D eigenvalue weighted by Gasteiger charge is 2.22. The van der Waals surface area contributed by atoms with Crippen molar-refractivity contribution in [3.8, 4) is 0 Å². The summed E-state index contributed by atoms with van der Waals surface area (Å²) in [5, 5.41) is 0. The molecule has 2 atom stereocenters. The number of nitrogens with zero attached hydrogens (tertiary/aromatic N) is 2. The second-order valence-corrected chi connectivity index (χ2v) is 5.79. The first-order valence-electron chi connectivity index (χ1n) is 7.26. The Labute approximate surface area is 117 Å². The molecule has 1 aliphatic rings. The highest BCUT2D eigenvalue weighted by molar-refractivity contribution is 5.76. The maximum atomic E-state index is 12.1. The van der Waals surface area contributed by atoms with Gasteiger partial charge in [0.1, 0.15) is 0 Å². The van der Waals surface area contributed by atoms with Crippen LogP contribution in [-0.2, 0) is 9.53 Å². The number of carbonyl (C=O) groups excluding carboxylic acids is 1. The van der Waals surface area contributed by atoms with Crippen LogP contribution in [0.2, 0.25) is 0 Å². The molecule has 1 saturated heterocycles. The Morgan fingerprint density at radius 3 is 2.37 bits per heavy atom. The summed E-state index contributed by atoms with van der Waals surface area (Å²) in [6.07, 6.45) is 0.590. The van der Waals surface area contributed by atoms with Crippen LogP contribution in [0.3, 0.4) is 0 Å². The van der Waals surface area contributed by atoms with E-state index in [1.165, 1.54) is 0 Å². The molecule has 2 unspecified atom stereocenters. The molecule has 0 bridgehead atoms. The first-order chi connectivity index (χ1) is 9.06. The topological polar surface area (TPSA) is 58.8 Å². The predicted molar refractivity (Wildman–Crippen MR) is 76.9 cm³/mol. The molecule has 5 nitrogen and oxygen atoms in total. The highest BCUT2D eigenvalue weighted by Crippen LogP contribution is 2.10. The number of piperazine rings is 1. The lowest BCUT2D eigenvalue weighted by Gasteiger charge is -2.36. The Morgan fingerprint density at radius 2 is 1.84 bits per heavy atom. The fourth-order valence-corrected chi connectivity index (χ4v) is 2.47. The second-order valence-electron chi connectivity index (χ2n) is 5.79. The summed E-state index contributed by atoms with van der Waals surface area (Å²) >= 11 is 0. The lowest BCUT2D eigenvalue weighted by molar-refractivity contribution is -0.134. The fraction of sp³-hybridized carbons (Fsp3) is 0.929. The van der Waals surface area contributed by atoms with Crippen LogP contribution in [0.25, 0.3) is 0 Å². The van der Waals surface area contributed by atoms with E-state index in [1.807, 2.05) is 4.90 Å². The van der Waals surface area contributed by atoms with E-state index < -0.39 is 0 Å². The van der Waals surface area contributed by atoms with E-state index in [9.17, 15) is 4.79 Å². The van der Waals surface area contributed by atoms with E-state index >= 15 is 0 Å². The number of hydrogen-bond acceptors (Lipinski definition) is 4. The number of ether oxygens (including phenoxy) is 1. The number of amides is 1. The van der Waals surface area contributed by atoms with E-state index in [-0.39, 0.29) is 5.91 Å². The van der Waals surface area contributed by atoms with Gasteiger partial charge in [-0.1, -0.05) is 13.8 Å². The van der Waals surface area contributed by atoms with Crippen molar-refractivity contribution in [2.75, 3.05) is 53.0 Å². The molecule has 0 aromatic carbocycles. The normalized spacial score (nSPS) is 20.3. The molecule has 1 rings (SSSR count). The van der Waals surface area contributed by atoms with Crippen LogP contribution in [0.5, 0.6) is 0 Å². The third kappa shape index (κ3) is 5.89. The van der Waals surface area contributed by atoms with Crippen molar-refractivity contribution in [1.29, 1.82) is 0 Å². The quantitative estimate of drug-likeness (QED) is 0.728. The molecule has 1 fully saturated rings. The molecular weight excluding hydrogens is 242 g/mol. The number of hydrogen-bond donors (Lipinski definition) is 1. The van der Waals surface area contributed by atoms with Crippen molar-refractivity contribution in [3.63, 3.8) is 0 Å². The van der Waals surface area contributed by atoms with Crippen LogP contribution in [-0.4, -0.2) is 68.7 Å². The van der Waals surface area contributed by atoms with Crippen LogP contribution >= 0.6 is 0 Å². The molecule has 0 radical (unpaired) electrons. The molecule has 1 aliphatic heterocycles. The third-order valence-corrected chi connectivity index (χ3v) is 3.67. The first-order valence-corrected chi connectivity index (χ1v) is 7.26. The molecule has 1 amide bonds. The van der Waals surface area contributed by atoms with Gasteiger partial charge in [-0.15, -0.1) is 0 Å². The van der Waals surface area contributed by atoms with Gasteiger partial charge in [0.05, 0.1) is 0 Å². The van der Waals surface area contributed by atoms with Gasteiger partial charge >= 0.3 is 0 Å². The second kappa shape index (κ2) is 8.51. The molecule has 2 N–H and O–H groups in total. The summed E-state index contributed by atoms with van der Waals surface area (Å²) in [4.78, 5) is 16.5. The van der Waals surface area contributed by atoms with Crippen molar-refractivity contribution < 1.29 is 9.53 Å². The minimum absolute atomic E-state index is 0.260. The lowest BCUT2D eigenvalue weighted by atomic mass is 10.1. The number of methoxy groups -OCH3 is 1. The molecule has 19 heavy (non-hydrogen) atoms. The molecule has 0 aliphatic carbocycles. The molecular formula is C14H29N3O2. The van der Waals surface area contributed by atoms with Crippen molar-refractivity contribution in [3.05, 3.63) is 0 Å². The van der Waals surface area contributed by atoms with Crippen molar-refractivity contribution >= 4 is 5.91 Å². The van der Waals surface area contributed by atoms with Crippen molar-refractivity contribution in [1.82, 2.24) is 9.80 Å². The Bertz CT molecular complexity index is 265. The van der Waals surface area contributed by atoms with Gasteiger partial charge in [-0.3, -0.25) is 9.69 Å². The summed E-state index contributed by atoms with van der Waals surface area (Å²) in [6, 6.07) is 0. The van der Waals surface area contributed by atoms with Crippen LogP contribution in [0, 0.1) is 11.8 Å². The summed E-state index contributed by atoms with van der Waals surface area (Å²) in [5.41, 5.74) is 5.64. The summed E-state index contributed by atoms with van der Waals surface area (Å²) in [7, 11) is 1.68. The molecule has 0 spiro atoms. The predicted octanol–water partition coefficient (Wildman–Crippen LogP) is 0.398. The van der Waals surface area contributed by atoms with Gasteiger partial charge in [0.25, 0.3) is 0 Å². The first kappa shape index (κ1) is 16.4. The SMILES string of the molecule is COCC(C)CC(=O)N1CCN(CC(C)CN)CC1. The third-order valence-electron chi connectivity index (χ3n) is 3.67. The Balaban J connectivity index is 2.27. The van der Waals surface area contributed by atoms with E-state index in [1.54, 1.807) is 7.11 Å². The van der Waals surface area contributed by atoms with Gasteiger partial charge in [-0.05, 0) is 18.4 Å². The van der Waals surface area contributed by atoms with E-state index in [2.05, 4.69) is 18.7 Å². The molecule has 0 aromatic heterocycles. The number of rotatable bonds is 7. The zero-order valence-corrected chi connectivity index (χ0v) is 12.6. The Kier molecular flexibility index (Phi) is 7.34. The van der Waals surface area contributed by atoms with Gasteiger partial charge in [0.15, 0.2) is 0 Å². The highest BCUT2D eigenvalue weighted by atomic mass is 16.5. The van der Waals surface area contributed by atoms with Gasteiger partial charge in [-0.25, -0.2) is 0 Å². The molecule has 112 valence electrons. The van der Waals surface area contributed by atoms with E-state index in [0.29, 0.717) is 24.9 Å². The molecule has 0 saturated carbocycles. The summed E-state index contributed by atoms with van der Waals surface area (Å²) in [5.74, 6) is 1.09. The Morgan fingerprint density at radius 1 is 1.21 bits per heavy atom. The van der Waals surface area contributed by atoms with Gasteiger partial charge in [-0.2, -0.15) is 0 Å². The summed E-state index contributed by atoms with van der Waals surface area (Å²) < 4.78 is 5.07. The van der Waals surface area contributed by atoms with Crippen LogP contribution in [0.15, 0.2) is 0 Å². The van der Waals surface area contributed by atoms with E-state index in [4.69, 9.17) is 10.5 Å². The summed E-state index contributed by atoms with van der Waals surface area (Å²) in [6.45, 7) is 10.3. The maximum Gasteiger partial charge on any atom is 0.223 e. The minimum atomic E-state index is 0.260. The molecule has 0 aromatic rings. The smallest absolute Gasteiger partial charge is 0.223 e. The van der Waals surface area contributed by atoms with Crippen molar-refractivity contribution in [2.45, 2.75) is 20.3 Å². The monoisotopic (exact) mass is 271 g/mol. The van der Waals surface area contributed by atoms with E-state index in [0.717, 1.165) is 39.3 Å². The fourth-order valence-electron chi connectivity index (χ4n) is 2.47. The molecule has 5 heteroatoms. The zero-order valence-electron chi connectivity index (χ0n) is 12.6. The average molecular weight is 271 g/mol. The van der Waals surface area contributed by atoms with Gasteiger partial charge < -0.3 is 15.4 Å². The average Bonchev–Trinajstić information content (AvgIpc) is 2.39. The largest absolute Gasteiger partial charge is 0.384 e. The maximum absolute atomic E-state index is 12.1. The van der Waals surface area contributed by atoms with Gasteiger partial charge in [0, 0.05) is 52.9 Å². The number of carbonyl (C=O) groups is 1. The van der Waals surface area contributed by atoms with Crippen molar-refractivity contribution in [2.24, 2.45) is 17.6 Å². The lowest BCUT2D eigenvalue weighted by Crippen LogP contribution is -2.50. The van der Waals surface area contributed by atoms with Crippen LogP contribution < -0.4 is 5.73 Å².